The Balaban J connectivity index is 1.69. The Labute approximate surface area is 165 Å². The summed E-state index contributed by atoms with van der Waals surface area (Å²) >= 11 is 13.5. The molecule has 0 amide bonds. The number of ether oxygens (including phenoxy) is 1. The van der Waals surface area contributed by atoms with Crippen LogP contribution in [0.5, 0.6) is 5.75 Å². The first-order chi connectivity index (χ1) is 12.4. The first-order valence-electron chi connectivity index (χ1n) is 7.82. The van der Waals surface area contributed by atoms with Crippen LogP contribution >= 0.6 is 35.0 Å². The zero-order valence-corrected chi connectivity index (χ0v) is 16.4. The van der Waals surface area contributed by atoms with E-state index in [9.17, 15) is 4.39 Å². The maximum atomic E-state index is 13.3. The molecule has 2 aromatic carbocycles. The maximum absolute atomic E-state index is 13.3. The van der Waals surface area contributed by atoms with E-state index in [1.807, 2.05) is 24.6 Å². The van der Waals surface area contributed by atoms with Crippen LogP contribution < -0.4 is 4.74 Å². The largest absolute Gasteiger partial charge is 0.481 e. The highest BCUT2D eigenvalue weighted by atomic mass is 35.5. The van der Waals surface area contributed by atoms with E-state index in [0.29, 0.717) is 27.4 Å². The highest BCUT2D eigenvalue weighted by molar-refractivity contribution is 7.98. The number of halogens is 3. The van der Waals surface area contributed by atoms with E-state index < -0.39 is 0 Å². The predicted octanol–water partition coefficient (Wildman–Crippen LogP) is 5.69. The van der Waals surface area contributed by atoms with Crippen molar-refractivity contribution in [3.05, 3.63) is 69.7 Å². The topological polar surface area (TPSA) is 39.9 Å². The molecule has 3 rings (SSSR count). The third-order valence-corrected chi connectivity index (χ3v) is 5.31. The van der Waals surface area contributed by atoms with Crippen LogP contribution in [-0.2, 0) is 12.8 Å². The molecular weight excluding hydrogens is 396 g/mol. The van der Waals surface area contributed by atoms with Crippen molar-refractivity contribution in [3.8, 4) is 5.75 Å². The van der Waals surface area contributed by atoms with Gasteiger partial charge in [0.1, 0.15) is 11.6 Å². The quantitative estimate of drug-likeness (QED) is 0.488. The van der Waals surface area contributed by atoms with Crippen LogP contribution in [0, 0.1) is 5.82 Å². The van der Waals surface area contributed by atoms with Crippen LogP contribution in [0.25, 0.3) is 0 Å². The lowest BCUT2D eigenvalue weighted by Crippen LogP contribution is -2.10. The summed E-state index contributed by atoms with van der Waals surface area (Å²) in [6.45, 7) is 1.87. The van der Waals surface area contributed by atoms with Gasteiger partial charge in [-0.25, -0.2) is 4.39 Å². The maximum Gasteiger partial charge on any atom is 0.191 e. The van der Waals surface area contributed by atoms with E-state index >= 15 is 0 Å². The van der Waals surface area contributed by atoms with Crippen molar-refractivity contribution in [3.63, 3.8) is 0 Å². The Morgan fingerprint density at radius 1 is 1.19 bits per heavy atom. The summed E-state index contributed by atoms with van der Waals surface area (Å²) in [5.74, 6) is 1.55. The molecule has 0 fully saturated rings. The molecule has 0 spiro atoms. The highest BCUT2D eigenvalue weighted by Gasteiger charge is 2.18. The summed E-state index contributed by atoms with van der Waals surface area (Å²) < 4.78 is 21.0. The summed E-state index contributed by atoms with van der Waals surface area (Å²) in [5, 5.41) is 10.1. The molecule has 0 saturated heterocycles. The molecule has 8 heteroatoms. The molecule has 0 aliphatic rings. The van der Waals surface area contributed by atoms with Gasteiger partial charge in [0.05, 0.1) is 5.02 Å². The van der Waals surface area contributed by atoms with Gasteiger partial charge in [0.25, 0.3) is 0 Å². The molecular formula is C18H16Cl2FN3OS. The SMILES string of the molecule is CC(Oc1ccc(Cl)cc1Cl)c1nnc(SCc2cccc(F)c2)n1C. The van der Waals surface area contributed by atoms with Gasteiger partial charge < -0.3 is 9.30 Å². The van der Waals surface area contributed by atoms with Crippen LogP contribution in [0.3, 0.4) is 0 Å². The van der Waals surface area contributed by atoms with Crippen LogP contribution in [0.1, 0.15) is 24.4 Å². The highest BCUT2D eigenvalue weighted by Crippen LogP contribution is 2.31. The first-order valence-corrected chi connectivity index (χ1v) is 9.56. The lowest BCUT2D eigenvalue weighted by molar-refractivity contribution is 0.211. The number of nitrogens with zero attached hydrogens (tertiary/aromatic N) is 3. The Kier molecular flexibility index (Phi) is 6.06. The second-order valence-electron chi connectivity index (χ2n) is 5.65. The average molecular weight is 412 g/mol. The van der Waals surface area contributed by atoms with Crippen LogP contribution in [-0.4, -0.2) is 14.8 Å². The zero-order valence-electron chi connectivity index (χ0n) is 14.1. The van der Waals surface area contributed by atoms with Gasteiger partial charge in [0.15, 0.2) is 17.1 Å². The van der Waals surface area contributed by atoms with Gasteiger partial charge in [-0.05, 0) is 42.8 Å². The van der Waals surface area contributed by atoms with Crippen molar-refractivity contribution in [1.29, 1.82) is 0 Å². The standard InChI is InChI=1S/C18H16Cl2FN3OS/c1-11(25-16-7-6-13(19)9-15(16)20)17-22-23-18(24(17)2)26-10-12-4-3-5-14(21)8-12/h3-9,11H,10H2,1-2H3. The molecule has 136 valence electrons. The van der Waals surface area contributed by atoms with E-state index in [1.54, 1.807) is 24.3 Å². The average Bonchev–Trinajstić information content (AvgIpc) is 2.96. The summed E-state index contributed by atoms with van der Waals surface area (Å²) in [6.07, 6.45) is -0.352. The van der Waals surface area contributed by atoms with Crippen LogP contribution in [0.2, 0.25) is 10.0 Å². The minimum absolute atomic E-state index is 0.247. The Bertz CT molecular complexity index is 919. The minimum atomic E-state index is -0.352. The van der Waals surface area contributed by atoms with Gasteiger partial charge in [0, 0.05) is 17.8 Å². The lowest BCUT2D eigenvalue weighted by atomic mass is 10.2. The molecule has 3 aromatic rings. The van der Waals surface area contributed by atoms with Crippen molar-refractivity contribution in [2.24, 2.45) is 7.05 Å². The van der Waals surface area contributed by atoms with Crippen molar-refractivity contribution in [2.75, 3.05) is 0 Å². The fraction of sp³-hybridized carbons (Fsp3) is 0.222. The Hall–Kier alpha value is -1.76. The number of hydrogen-bond acceptors (Lipinski definition) is 4. The van der Waals surface area contributed by atoms with Crippen LogP contribution in [0.15, 0.2) is 47.6 Å². The molecule has 1 aromatic heterocycles. The molecule has 26 heavy (non-hydrogen) atoms. The number of hydrogen-bond donors (Lipinski definition) is 0. The number of rotatable bonds is 6. The summed E-state index contributed by atoms with van der Waals surface area (Å²) in [4.78, 5) is 0. The van der Waals surface area contributed by atoms with Gasteiger partial charge in [-0.2, -0.15) is 0 Å². The van der Waals surface area contributed by atoms with Crippen LogP contribution in [0.4, 0.5) is 4.39 Å². The zero-order chi connectivity index (χ0) is 18.7. The predicted molar refractivity (Wildman–Crippen MR) is 102 cm³/mol. The van der Waals surface area contributed by atoms with Gasteiger partial charge in [-0.1, -0.05) is 47.1 Å². The summed E-state index contributed by atoms with van der Waals surface area (Å²) in [6, 6.07) is 11.6. The first kappa shape index (κ1) is 19.0. The van der Waals surface area contributed by atoms with E-state index in [1.165, 1.54) is 23.9 Å². The van der Waals surface area contributed by atoms with E-state index in [2.05, 4.69) is 10.2 Å². The van der Waals surface area contributed by atoms with Crippen molar-refractivity contribution in [2.45, 2.75) is 23.9 Å². The monoisotopic (exact) mass is 411 g/mol. The third-order valence-electron chi connectivity index (χ3n) is 3.69. The summed E-state index contributed by atoms with van der Waals surface area (Å²) in [7, 11) is 1.87. The molecule has 1 atom stereocenters. The van der Waals surface area contributed by atoms with Gasteiger partial charge in [0.2, 0.25) is 0 Å². The van der Waals surface area contributed by atoms with E-state index in [-0.39, 0.29) is 11.9 Å². The molecule has 0 N–H and O–H groups in total. The molecule has 4 nitrogen and oxygen atoms in total. The van der Waals surface area contributed by atoms with Gasteiger partial charge in [-0.15, -0.1) is 10.2 Å². The smallest absolute Gasteiger partial charge is 0.191 e. The fourth-order valence-electron chi connectivity index (χ4n) is 2.39. The molecule has 0 radical (unpaired) electrons. The number of benzene rings is 2. The Morgan fingerprint density at radius 2 is 2.00 bits per heavy atom. The fourth-order valence-corrected chi connectivity index (χ4v) is 3.71. The number of thioether (sulfide) groups is 1. The number of aromatic nitrogens is 3. The molecule has 0 saturated carbocycles. The molecule has 1 heterocycles. The van der Waals surface area contributed by atoms with E-state index in [4.69, 9.17) is 27.9 Å². The molecule has 1 unspecified atom stereocenters. The van der Waals surface area contributed by atoms with Crippen molar-refractivity contribution >= 4 is 35.0 Å². The lowest BCUT2D eigenvalue weighted by Gasteiger charge is -2.15. The van der Waals surface area contributed by atoms with Gasteiger partial charge >= 0.3 is 0 Å². The minimum Gasteiger partial charge on any atom is -0.481 e. The normalized spacial score (nSPS) is 12.2. The second kappa shape index (κ2) is 8.29. The molecule has 0 aliphatic heterocycles. The second-order valence-corrected chi connectivity index (χ2v) is 7.44. The van der Waals surface area contributed by atoms with E-state index in [0.717, 1.165) is 10.7 Å². The molecule has 0 bridgehead atoms. The Morgan fingerprint density at radius 3 is 2.73 bits per heavy atom. The molecule has 0 aliphatic carbocycles. The van der Waals surface area contributed by atoms with Crippen molar-refractivity contribution < 1.29 is 9.13 Å². The summed E-state index contributed by atoms with van der Waals surface area (Å²) in [5.41, 5.74) is 0.886. The van der Waals surface area contributed by atoms with Gasteiger partial charge in [-0.3, -0.25) is 0 Å². The van der Waals surface area contributed by atoms with Crippen molar-refractivity contribution in [1.82, 2.24) is 14.8 Å². The third kappa shape index (κ3) is 4.50.